The Hall–Kier alpha value is -2.03. The van der Waals surface area contributed by atoms with Crippen molar-refractivity contribution in [3.63, 3.8) is 0 Å². The van der Waals surface area contributed by atoms with E-state index in [0.717, 1.165) is 25.9 Å². The molecule has 9 heteroatoms. The molecule has 1 heterocycles. The zero-order chi connectivity index (χ0) is 20.1. The minimum Gasteiger partial charge on any atom is -0.453 e. The SMILES string of the molecule is COCCC1CCN(C(=O)[C@H](CCCCNC(=O)OC)NC(=O)OC)CC1. The highest BCUT2D eigenvalue weighted by Gasteiger charge is 2.29. The van der Waals surface area contributed by atoms with Gasteiger partial charge in [0.1, 0.15) is 6.04 Å². The van der Waals surface area contributed by atoms with Crippen molar-refractivity contribution in [1.29, 1.82) is 0 Å². The van der Waals surface area contributed by atoms with Crippen molar-refractivity contribution < 1.29 is 28.6 Å². The maximum atomic E-state index is 12.8. The normalized spacial score (nSPS) is 15.7. The van der Waals surface area contributed by atoms with Crippen molar-refractivity contribution in [3.8, 4) is 0 Å². The molecular weight excluding hydrogens is 354 g/mol. The van der Waals surface area contributed by atoms with E-state index in [-0.39, 0.29) is 5.91 Å². The van der Waals surface area contributed by atoms with Gasteiger partial charge in [-0.3, -0.25) is 4.79 Å². The molecule has 0 aromatic heterocycles. The van der Waals surface area contributed by atoms with Crippen molar-refractivity contribution in [2.45, 2.75) is 44.6 Å². The zero-order valence-electron chi connectivity index (χ0n) is 16.6. The van der Waals surface area contributed by atoms with Gasteiger partial charge >= 0.3 is 12.2 Å². The predicted octanol–water partition coefficient (Wildman–Crippen LogP) is 1.51. The quantitative estimate of drug-likeness (QED) is 0.551. The third-order valence-corrected chi connectivity index (χ3v) is 4.81. The van der Waals surface area contributed by atoms with Crippen LogP contribution in [0.4, 0.5) is 9.59 Å². The molecule has 0 bridgehead atoms. The fourth-order valence-corrected chi connectivity index (χ4v) is 3.14. The molecule has 1 atom stereocenters. The number of rotatable bonds is 10. The van der Waals surface area contributed by atoms with Crippen LogP contribution in [0.3, 0.4) is 0 Å². The molecule has 0 spiro atoms. The summed E-state index contributed by atoms with van der Waals surface area (Å²) in [5, 5.41) is 5.23. The Bertz CT molecular complexity index is 466. The van der Waals surface area contributed by atoms with Crippen LogP contribution in [0.25, 0.3) is 0 Å². The number of methoxy groups -OCH3 is 3. The number of nitrogens with zero attached hydrogens (tertiary/aromatic N) is 1. The predicted molar refractivity (Wildman–Crippen MR) is 99.4 cm³/mol. The molecule has 3 amide bonds. The van der Waals surface area contributed by atoms with Crippen molar-refractivity contribution in [3.05, 3.63) is 0 Å². The summed E-state index contributed by atoms with van der Waals surface area (Å²) in [6.45, 7) is 2.58. The number of nitrogens with one attached hydrogen (secondary N) is 2. The Kier molecular flexibility index (Phi) is 11.2. The standard InChI is InChI=1S/C18H33N3O6/c1-25-13-9-14-7-11-21(12-8-14)16(22)15(20-18(24)27-3)6-4-5-10-19-17(23)26-2/h14-15H,4-13H2,1-3H3,(H,19,23)(H,20,24)/t15-/m0/s1. The summed E-state index contributed by atoms with van der Waals surface area (Å²) < 4.78 is 14.3. The maximum Gasteiger partial charge on any atom is 0.407 e. The summed E-state index contributed by atoms with van der Waals surface area (Å²) in [6, 6.07) is -0.619. The minimum absolute atomic E-state index is 0.0773. The Balaban J connectivity index is 2.46. The summed E-state index contributed by atoms with van der Waals surface area (Å²) in [4.78, 5) is 37.3. The summed E-state index contributed by atoms with van der Waals surface area (Å²) in [5.74, 6) is 0.497. The van der Waals surface area contributed by atoms with Gasteiger partial charge in [0.25, 0.3) is 0 Å². The highest BCUT2D eigenvalue weighted by molar-refractivity contribution is 5.85. The van der Waals surface area contributed by atoms with Gasteiger partial charge in [-0.25, -0.2) is 9.59 Å². The molecule has 0 radical (unpaired) electrons. The second kappa shape index (κ2) is 13.2. The van der Waals surface area contributed by atoms with Crippen LogP contribution in [-0.2, 0) is 19.0 Å². The number of alkyl carbamates (subject to hydrolysis) is 2. The number of unbranched alkanes of at least 4 members (excludes halogenated alkanes) is 1. The van der Waals surface area contributed by atoms with Gasteiger partial charge in [0.05, 0.1) is 14.2 Å². The molecule has 156 valence electrons. The van der Waals surface area contributed by atoms with Crippen LogP contribution in [0.15, 0.2) is 0 Å². The lowest BCUT2D eigenvalue weighted by Crippen LogP contribution is -2.50. The first-order valence-electron chi connectivity index (χ1n) is 9.45. The molecule has 0 aromatic rings. The van der Waals surface area contributed by atoms with Gasteiger partial charge in [0, 0.05) is 33.4 Å². The summed E-state index contributed by atoms with van der Waals surface area (Å²) in [6.07, 6.45) is 3.65. The van der Waals surface area contributed by atoms with Crippen molar-refractivity contribution >= 4 is 18.1 Å². The van der Waals surface area contributed by atoms with E-state index in [1.54, 1.807) is 7.11 Å². The second-order valence-corrected chi connectivity index (χ2v) is 6.65. The second-order valence-electron chi connectivity index (χ2n) is 6.65. The van der Waals surface area contributed by atoms with Crippen LogP contribution in [0, 0.1) is 5.92 Å². The molecular formula is C18H33N3O6. The maximum absolute atomic E-state index is 12.8. The average Bonchev–Trinajstić information content (AvgIpc) is 2.70. The average molecular weight is 387 g/mol. The first kappa shape index (κ1) is 23.0. The summed E-state index contributed by atoms with van der Waals surface area (Å²) in [7, 11) is 4.28. The fourth-order valence-electron chi connectivity index (χ4n) is 3.14. The molecule has 9 nitrogen and oxygen atoms in total. The molecule has 1 rings (SSSR count). The van der Waals surface area contributed by atoms with E-state index in [0.29, 0.717) is 44.8 Å². The molecule has 1 aliphatic rings. The Morgan fingerprint density at radius 2 is 1.70 bits per heavy atom. The van der Waals surface area contributed by atoms with Crippen LogP contribution in [0.1, 0.15) is 38.5 Å². The molecule has 1 saturated heterocycles. The molecule has 27 heavy (non-hydrogen) atoms. The Morgan fingerprint density at radius 3 is 2.30 bits per heavy atom. The van der Waals surface area contributed by atoms with E-state index in [9.17, 15) is 14.4 Å². The number of likely N-dealkylation sites (tertiary alicyclic amines) is 1. The molecule has 2 N–H and O–H groups in total. The van der Waals surface area contributed by atoms with Gasteiger partial charge in [0.15, 0.2) is 0 Å². The number of amides is 3. The van der Waals surface area contributed by atoms with E-state index in [1.807, 2.05) is 4.90 Å². The van der Waals surface area contributed by atoms with Gasteiger partial charge in [-0.2, -0.15) is 0 Å². The first-order chi connectivity index (χ1) is 13.0. The third-order valence-electron chi connectivity index (χ3n) is 4.81. The number of ether oxygens (including phenoxy) is 3. The zero-order valence-corrected chi connectivity index (χ0v) is 16.6. The lowest BCUT2D eigenvalue weighted by Gasteiger charge is -2.34. The van der Waals surface area contributed by atoms with E-state index in [2.05, 4.69) is 20.1 Å². The van der Waals surface area contributed by atoms with Gasteiger partial charge in [-0.15, -0.1) is 0 Å². The van der Waals surface area contributed by atoms with Crippen molar-refractivity contribution in [2.24, 2.45) is 5.92 Å². The number of carbonyl (C=O) groups is 3. The lowest BCUT2D eigenvalue weighted by molar-refractivity contribution is -0.135. The van der Waals surface area contributed by atoms with E-state index in [1.165, 1.54) is 14.2 Å². The van der Waals surface area contributed by atoms with Crippen LogP contribution in [-0.4, -0.2) is 76.6 Å². The van der Waals surface area contributed by atoms with Crippen LogP contribution >= 0.6 is 0 Å². The van der Waals surface area contributed by atoms with Gasteiger partial charge < -0.3 is 29.7 Å². The number of hydrogen-bond acceptors (Lipinski definition) is 6. The number of piperidine rings is 1. The van der Waals surface area contributed by atoms with Crippen molar-refractivity contribution in [2.75, 3.05) is 47.6 Å². The Morgan fingerprint density at radius 1 is 1.04 bits per heavy atom. The van der Waals surface area contributed by atoms with Crippen LogP contribution < -0.4 is 10.6 Å². The van der Waals surface area contributed by atoms with Crippen LogP contribution in [0.5, 0.6) is 0 Å². The van der Waals surface area contributed by atoms with Crippen LogP contribution in [0.2, 0.25) is 0 Å². The lowest BCUT2D eigenvalue weighted by atomic mass is 9.93. The minimum atomic E-state index is -0.619. The summed E-state index contributed by atoms with van der Waals surface area (Å²) in [5.41, 5.74) is 0. The van der Waals surface area contributed by atoms with E-state index >= 15 is 0 Å². The monoisotopic (exact) mass is 387 g/mol. The molecule has 0 saturated carbocycles. The summed E-state index contributed by atoms with van der Waals surface area (Å²) >= 11 is 0. The number of hydrogen-bond donors (Lipinski definition) is 2. The fraction of sp³-hybridized carbons (Fsp3) is 0.833. The topological polar surface area (TPSA) is 106 Å². The third kappa shape index (κ3) is 8.94. The molecule has 0 aliphatic carbocycles. The molecule has 0 aromatic carbocycles. The van der Waals surface area contributed by atoms with E-state index in [4.69, 9.17) is 4.74 Å². The highest BCUT2D eigenvalue weighted by Crippen LogP contribution is 2.21. The Labute approximate surface area is 161 Å². The van der Waals surface area contributed by atoms with Crippen molar-refractivity contribution in [1.82, 2.24) is 15.5 Å². The smallest absolute Gasteiger partial charge is 0.407 e. The van der Waals surface area contributed by atoms with Gasteiger partial charge in [-0.1, -0.05) is 0 Å². The first-order valence-corrected chi connectivity index (χ1v) is 9.45. The van der Waals surface area contributed by atoms with E-state index < -0.39 is 18.2 Å². The molecule has 1 aliphatic heterocycles. The molecule has 1 fully saturated rings. The number of carbonyl (C=O) groups excluding carboxylic acids is 3. The van der Waals surface area contributed by atoms with Gasteiger partial charge in [0.2, 0.25) is 5.91 Å². The highest BCUT2D eigenvalue weighted by atomic mass is 16.5. The molecule has 0 unspecified atom stereocenters. The van der Waals surface area contributed by atoms with Gasteiger partial charge in [-0.05, 0) is 44.4 Å². The largest absolute Gasteiger partial charge is 0.453 e.